The molecule has 2 N–H and O–H groups in total. The van der Waals surface area contributed by atoms with Crippen molar-refractivity contribution in [1.29, 1.82) is 0 Å². The fourth-order valence-electron chi connectivity index (χ4n) is 1.45. The van der Waals surface area contributed by atoms with E-state index in [-0.39, 0.29) is 6.10 Å². The molecule has 1 aromatic rings. The highest BCUT2D eigenvalue weighted by atomic mass is 16.5. The molecular formula is C12H19NO4. The lowest BCUT2D eigenvalue weighted by atomic mass is 10.2. The number of rotatable bonds is 6. The first-order chi connectivity index (χ1) is 8.08. The van der Waals surface area contributed by atoms with Crippen molar-refractivity contribution in [2.45, 2.75) is 32.9 Å². The summed E-state index contributed by atoms with van der Waals surface area (Å²) in [5.74, 6) is 0.807. The molecule has 0 aliphatic heterocycles. The molecule has 0 aromatic carbocycles. The van der Waals surface area contributed by atoms with E-state index in [0.29, 0.717) is 36.6 Å². The maximum atomic E-state index is 11.3. The zero-order valence-electron chi connectivity index (χ0n) is 10.4. The van der Waals surface area contributed by atoms with Crippen LogP contribution in [0.1, 0.15) is 35.2 Å². The highest BCUT2D eigenvalue weighted by Crippen LogP contribution is 2.15. The van der Waals surface area contributed by atoms with E-state index in [1.54, 1.807) is 13.0 Å². The van der Waals surface area contributed by atoms with Crippen LogP contribution in [0.2, 0.25) is 0 Å². The minimum Gasteiger partial charge on any atom is -0.465 e. The Bertz CT molecular complexity index is 373. The van der Waals surface area contributed by atoms with E-state index in [9.17, 15) is 9.90 Å². The third-order valence-electron chi connectivity index (χ3n) is 2.52. The van der Waals surface area contributed by atoms with Crippen LogP contribution in [0.3, 0.4) is 0 Å². The maximum absolute atomic E-state index is 11.3. The predicted molar refractivity (Wildman–Crippen MR) is 62.8 cm³/mol. The number of carbonyl (C=O) groups excluding carboxylic acids is 1. The van der Waals surface area contributed by atoms with E-state index < -0.39 is 5.97 Å². The Morgan fingerprint density at radius 3 is 2.94 bits per heavy atom. The van der Waals surface area contributed by atoms with Gasteiger partial charge in [-0.05, 0) is 19.4 Å². The van der Waals surface area contributed by atoms with Crippen molar-refractivity contribution in [2.75, 3.05) is 13.7 Å². The first-order valence-electron chi connectivity index (χ1n) is 5.64. The molecular weight excluding hydrogens is 222 g/mol. The number of nitrogens with one attached hydrogen (secondary N) is 1. The average Bonchev–Trinajstić information content (AvgIpc) is 2.69. The van der Waals surface area contributed by atoms with Crippen molar-refractivity contribution in [3.05, 3.63) is 23.2 Å². The smallest absolute Gasteiger partial charge is 0.341 e. The standard InChI is InChI=1S/C12H19NO4/c1-4-9(14)6-13-7-10-5-11(8(2)17-10)12(15)16-3/h5,9,13-14H,4,6-7H2,1-3H3. The lowest BCUT2D eigenvalue weighted by Gasteiger charge is -2.07. The third-order valence-corrected chi connectivity index (χ3v) is 2.52. The van der Waals surface area contributed by atoms with Gasteiger partial charge in [-0.2, -0.15) is 0 Å². The van der Waals surface area contributed by atoms with Gasteiger partial charge in [0.05, 0.1) is 19.8 Å². The summed E-state index contributed by atoms with van der Waals surface area (Å²) >= 11 is 0. The molecule has 1 unspecified atom stereocenters. The van der Waals surface area contributed by atoms with Gasteiger partial charge in [0.25, 0.3) is 0 Å². The monoisotopic (exact) mass is 241 g/mol. The van der Waals surface area contributed by atoms with Crippen molar-refractivity contribution >= 4 is 5.97 Å². The number of furan rings is 1. The van der Waals surface area contributed by atoms with E-state index in [0.717, 1.165) is 0 Å². The number of aryl methyl sites for hydroxylation is 1. The summed E-state index contributed by atoms with van der Waals surface area (Å²) in [4.78, 5) is 11.3. The molecule has 96 valence electrons. The minimum absolute atomic E-state index is 0.355. The summed E-state index contributed by atoms with van der Waals surface area (Å²) in [6, 6.07) is 1.66. The molecule has 0 saturated heterocycles. The number of hydrogen-bond donors (Lipinski definition) is 2. The molecule has 0 bridgehead atoms. The van der Waals surface area contributed by atoms with Gasteiger partial charge in [-0.25, -0.2) is 4.79 Å². The van der Waals surface area contributed by atoms with Gasteiger partial charge in [-0.3, -0.25) is 0 Å². The van der Waals surface area contributed by atoms with Crippen molar-refractivity contribution in [1.82, 2.24) is 5.32 Å². The molecule has 0 aliphatic rings. The summed E-state index contributed by atoms with van der Waals surface area (Å²) in [6.07, 6.45) is 0.351. The number of hydrogen-bond acceptors (Lipinski definition) is 5. The summed E-state index contributed by atoms with van der Waals surface area (Å²) < 4.78 is 10.0. The number of aliphatic hydroxyl groups is 1. The zero-order valence-corrected chi connectivity index (χ0v) is 10.4. The molecule has 1 heterocycles. The third kappa shape index (κ3) is 3.87. The molecule has 5 heteroatoms. The molecule has 0 saturated carbocycles. The Hall–Kier alpha value is -1.33. The molecule has 1 atom stereocenters. The molecule has 0 spiro atoms. The van der Waals surface area contributed by atoms with Gasteiger partial charge in [-0.15, -0.1) is 0 Å². The summed E-state index contributed by atoms with van der Waals surface area (Å²) in [7, 11) is 1.34. The first kappa shape index (κ1) is 13.7. The fourth-order valence-corrected chi connectivity index (χ4v) is 1.45. The van der Waals surface area contributed by atoms with Crippen molar-refractivity contribution in [2.24, 2.45) is 0 Å². The Morgan fingerprint density at radius 2 is 2.35 bits per heavy atom. The Morgan fingerprint density at radius 1 is 1.65 bits per heavy atom. The molecule has 1 aromatic heterocycles. The fraction of sp³-hybridized carbons (Fsp3) is 0.583. The number of aliphatic hydroxyl groups excluding tert-OH is 1. The summed E-state index contributed by atoms with van der Waals surface area (Å²) in [5.41, 5.74) is 0.445. The lowest BCUT2D eigenvalue weighted by molar-refractivity contribution is 0.0599. The minimum atomic E-state index is -0.397. The normalized spacial score (nSPS) is 12.5. The van der Waals surface area contributed by atoms with Gasteiger partial charge in [0, 0.05) is 6.54 Å². The zero-order chi connectivity index (χ0) is 12.8. The molecule has 17 heavy (non-hydrogen) atoms. The highest BCUT2D eigenvalue weighted by molar-refractivity contribution is 5.90. The van der Waals surface area contributed by atoms with Crippen LogP contribution in [-0.2, 0) is 11.3 Å². The first-order valence-corrected chi connectivity index (χ1v) is 5.64. The molecule has 0 aliphatic carbocycles. The van der Waals surface area contributed by atoms with Crippen LogP contribution < -0.4 is 5.32 Å². The molecule has 0 fully saturated rings. The summed E-state index contributed by atoms with van der Waals surface area (Å²) in [5, 5.41) is 12.4. The maximum Gasteiger partial charge on any atom is 0.341 e. The second-order valence-electron chi connectivity index (χ2n) is 3.87. The molecule has 1 rings (SSSR count). The van der Waals surface area contributed by atoms with E-state index in [1.807, 2.05) is 6.92 Å². The second kappa shape index (κ2) is 6.42. The Labute approximate surface area is 101 Å². The topological polar surface area (TPSA) is 71.7 Å². The van der Waals surface area contributed by atoms with Gasteiger partial charge in [0.15, 0.2) is 0 Å². The van der Waals surface area contributed by atoms with Crippen molar-refractivity contribution in [3.63, 3.8) is 0 Å². The van der Waals surface area contributed by atoms with Crippen molar-refractivity contribution < 1.29 is 19.1 Å². The Balaban J connectivity index is 2.53. The number of carbonyl (C=O) groups is 1. The van der Waals surface area contributed by atoms with Gasteiger partial charge in [0.2, 0.25) is 0 Å². The lowest BCUT2D eigenvalue weighted by Crippen LogP contribution is -2.25. The largest absolute Gasteiger partial charge is 0.465 e. The molecule has 0 radical (unpaired) electrons. The number of methoxy groups -OCH3 is 1. The number of esters is 1. The predicted octanol–water partition coefficient (Wildman–Crippen LogP) is 1.24. The van der Waals surface area contributed by atoms with Crippen LogP contribution >= 0.6 is 0 Å². The highest BCUT2D eigenvalue weighted by Gasteiger charge is 2.15. The number of ether oxygens (including phenoxy) is 1. The summed E-state index contributed by atoms with van der Waals surface area (Å²) in [6.45, 7) is 4.62. The van der Waals surface area contributed by atoms with Gasteiger partial charge in [0.1, 0.15) is 17.1 Å². The van der Waals surface area contributed by atoms with Gasteiger partial charge in [-0.1, -0.05) is 6.92 Å². The van der Waals surface area contributed by atoms with E-state index in [2.05, 4.69) is 10.1 Å². The molecule has 0 amide bonds. The SMILES string of the molecule is CCC(O)CNCc1cc(C(=O)OC)c(C)o1. The van der Waals surface area contributed by atoms with E-state index >= 15 is 0 Å². The van der Waals surface area contributed by atoms with Gasteiger partial charge < -0.3 is 19.6 Å². The van der Waals surface area contributed by atoms with Crippen LogP contribution in [0.15, 0.2) is 10.5 Å². The van der Waals surface area contributed by atoms with Crippen LogP contribution in [0.25, 0.3) is 0 Å². The van der Waals surface area contributed by atoms with Crippen molar-refractivity contribution in [3.8, 4) is 0 Å². The quantitative estimate of drug-likeness (QED) is 0.733. The molecule has 5 nitrogen and oxygen atoms in total. The van der Waals surface area contributed by atoms with Crippen LogP contribution in [0.4, 0.5) is 0 Å². The second-order valence-corrected chi connectivity index (χ2v) is 3.87. The van der Waals surface area contributed by atoms with E-state index in [1.165, 1.54) is 7.11 Å². The van der Waals surface area contributed by atoms with Crippen LogP contribution in [0, 0.1) is 6.92 Å². The van der Waals surface area contributed by atoms with Gasteiger partial charge >= 0.3 is 5.97 Å². The average molecular weight is 241 g/mol. The van der Waals surface area contributed by atoms with Crippen LogP contribution in [-0.4, -0.2) is 30.8 Å². The van der Waals surface area contributed by atoms with Crippen LogP contribution in [0.5, 0.6) is 0 Å². The van der Waals surface area contributed by atoms with E-state index in [4.69, 9.17) is 4.42 Å². The Kier molecular flexibility index (Phi) is 5.18.